The number of nitrogens with one attached hydrogen (secondary N) is 2. The number of hydrogen-bond acceptors (Lipinski definition) is 4. The first-order valence-corrected chi connectivity index (χ1v) is 3.86. The number of aromatic amines is 1. The molecular formula is C7H8N4O2. The van der Waals surface area contributed by atoms with Crippen LogP contribution in [0, 0.1) is 0 Å². The molecule has 0 saturated carbocycles. The first-order chi connectivity index (χ1) is 6.33. The number of amides is 1. The molecule has 3 N–H and O–H groups in total. The van der Waals surface area contributed by atoms with E-state index in [1.165, 1.54) is 6.21 Å². The van der Waals surface area contributed by atoms with Gasteiger partial charge < -0.3 is 10.5 Å². The van der Waals surface area contributed by atoms with Crippen molar-refractivity contribution in [3.8, 4) is 0 Å². The zero-order valence-corrected chi connectivity index (χ0v) is 6.74. The zero-order chi connectivity index (χ0) is 9.26. The van der Waals surface area contributed by atoms with Gasteiger partial charge in [0.05, 0.1) is 11.9 Å². The summed E-state index contributed by atoms with van der Waals surface area (Å²) < 4.78 is 0. The Morgan fingerprint density at radius 2 is 2.46 bits per heavy atom. The van der Waals surface area contributed by atoms with E-state index in [4.69, 9.17) is 5.21 Å². The summed E-state index contributed by atoms with van der Waals surface area (Å²) in [5, 5.41) is 20.3. The molecule has 1 aromatic heterocycles. The van der Waals surface area contributed by atoms with Crippen LogP contribution in [0.4, 0.5) is 0 Å². The Morgan fingerprint density at radius 3 is 3.23 bits per heavy atom. The number of nitrogens with zero attached hydrogens (tertiary/aromatic N) is 2. The summed E-state index contributed by atoms with van der Waals surface area (Å²) in [7, 11) is 0. The number of hydrogen-bond donors (Lipinski definition) is 3. The molecule has 2 heterocycles. The van der Waals surface area contributed by atoms with Gasteiger partial charge in [-0.2, -0.15) is 5.10 Å². The lowest BCUT2D eigenvalue weighted by molar-refractivity contribution is 0.0941. The molecule has 1 aromatic rings. The molecule has 1 amide bonds. The predicted octanol–water partition coefficient (Wildman–Crippen LogP) is -0.496. The number of rotatable bonds is 1. The van der Waals surface area contributed by atoms with E-state index in [9.17, 15) is 4.79 Å². The van der Waals surface area contributed by atoms with E-state index in [-0.39, 0.29) is 5.91 Å². The summed E-state index contributed by atoms with van der Waals surface area (Å²) in [5.74, 6) is -0.185. The van der Waals surface area contributed by atoms with E-state index in [1.807, 2.05) is 0 Å². The van der Waals surface area contributed by atoms with Crippen LogP contribution in [0.25, 0.3) is 0 Å². The molecule has 0 spiro atoms. The third kappa shape index (κ3) is 1.16. The molecule has 68 valence electrons. The summed E-state index contributed by atoms with van der Waals surface area (Å²) in [6, 6.07) is 0. The second-order valence-corrected chi connectivity index (χ2v) is 2.71. The van der Waals surface area contributed by atoms with Gasteiger partial charge >= 0.3 is 0 Å². The highest BCUT2D eigenvalue weighted by Crippen LogP contribution is 2.13. The lowest BCUT2D eigenvalue weighted by Gasteiger charge is -2.10. The number of aromatic nitrogens is 2. The minimum absolute atomic E-state index is 0.185. The Labute approximate surface area is 73.6 Å². The maximum Gasteiger partial charge on any atom is 0.272 e. The first-order valence-electron chi connectivity index (χ1n) is 3.86. The van der Waals surface area contributed by atoms with E-state index in [2.05, 4.69) is 20.7 Å². The van der Waals surface area contributed by atoms with Crippen molar-refractivity contribution in [2.45, 2.75) is 6.42 Å². The molecule has 0 aliphatic carbocycles. The molecule has 2 rings (SSSR count). The first kappa shape index (κ1) is 7.78. The summed E-state index contributed by atoms with van der Waals surface area (Å²) in [6.45, 7) is 0.595. The van der Waals surface area contributed by atoms with Crippen molar-refractivity contribution in [3.05, 3.63) is 17.0 Å². The highest BCUT2D eigenvalue weighted by molar-refractivity contribution is 5.97. The Kier molecular flexibility index (Phi) is 1.73. The molecule has 0 unspecified atom stereocenters. The van der Waals surface area contributed by atoms with E-state index < -0.39 is 0 Å². The van der Waals surface area contributed by atoms with Crippen molar-refractivity contribution in [2.75, 3.05) is 6.54 Å². The lowest BCUT2D eigenvalue weighted by atomic mass is 10.1. The smallest absolute Gasteiger partial charge is 0.272 e. The zero-order valence-electron chi connectivity index (χ0n) is 6.74. The molecule has 1 aliphatic rings. The number of oxime groups is 1. The highest BCUT2D eigenvalue weighted by atomic mass is 16.4. The Morgan fingerprint density at radius 1 is 1.62 bits per heavy atom. The van der Waals surface area contributed by atoms with Crippen molar-refractivity contribution in [1.29, 1.82) is 0 Å². The van der Waals surface area contributed by atoms with Crippen LogP contribution in [-0.4, -0.2) is 34.1 Å². The molecule has 0 saturated heterocycles. The molecular weight excluding hydrogens is 172 g/mol. The molecule has 0 fully saturated rings. The van der Waals surface area contributed by atoms with E-state index >= 15 is 0 Å². The maximum atomic E-state index is 11.2. The topological polar surface area (TPSA) is 90.4 Å². The summed E-state index contributed by atoms with van der Waals surface area (Å²) in [5.41, 5.74) is 1.79. The van der Waals surface area contributed by atoms with Gasteiger partial charge in [0.2, 0.25) is 0 Å². The molecule has 13 heavy (non-hydrogen) atoms. The quantitative estimate of drug-likeness (QED) is 0.309. The van der Waals surface area contributed by atoms with Gasteiger partial charge in [0.25, 0.3) is 5.91 Å². The van der Waals surface area contributed by atoms with Crippen LogP contribution in [0.15, 0.2) is 5.16 Å². The van der Waals surface area contributed by atoms with Crippen molar-refractivity contribution in [3.63, 3.8) is 0 Å². The summed E-state index contributed by atoms with van der Waals surface area (Å²) in [6.07, 6.45) is 1.95. The number of H-pyrrole nitrogens is 1. The van der Waals surface area contributed by atoms with Gasteiger partial charge in [-0.05, 0) is 6.42 Å². The average Bonchev–Trinajstić information content (AvgIpc) is 2.51. The van der Waals surface area contributed by atoms with Crippen LogP contribution < -0.4 is 5.32 Å². The van der Waals surface area contributed by atoms with Crippen molar-refractivity contribution < 1.29 is 10.0 Å². The van der Waals surface area contributed by atoms with Crippen molar-refractivity contribution >= 4 is 12.1 Å². The predicted molar refractivity (Wildman–Crippen MR) is 44.0 cm³/mol. The molecule has 0 bridgehead atoms. The largest absolute Gasteiger partial charge is 0.411 e. The number of carbonyl (C=O) groups is 1. The number of fused-ring (bicyclic) bond motifs is 1. The van der Waals surface area contributed by atoms with Crippen LogP contribution in [0.1, 0.15) is 21.7 Å². The normalized spacial score (nSPS) is 15.8. The molecule has 0 aromatic carbocycles. The molecule has 0 radical (unpaired) electrons. The summed E-state index contributed by atoms with van der Waals surface area (Å²) in [4.78, 5) is 11.2. The Balaban J connectivity index is 2.47. The minimum Gasteiger partial charge on any atom is -0.411 e. The average molecular weight is 180 g/mol. The van der Waals surface area contributed by atoms with E-state index in [1.54, 1.807) is 0 Å². The van der Waals surface area contributed by atoms with Gasteiger partial charge in [-0.25, -0.2) is 0 Å². The fourth-order valence-corrected chi connectivity index (χ4v) is 1.37. The molecule has 6 nitrogen and oxygen atoms in total. The second-order valence-electron chi connectivity index (χ2n) is 2.71. The minimum atomic E-state index is -0.185. The SMILES string of the molecule is O=C1NCCc2c1n[nH]c2C=NO. The monoisotopic (exact) mass is 180 g/mol. The number of carbonyl (C=O) groups excluding carboxylic acids is 1. The van der Waals surface area contributed by atoms with Gasteiger partial charge in [0.1, 0.15) is 0 Å². The molecule has 1 aliphatic heterocycles. The standard InChI is InChI=1S/C7H8N4O2/c12-7-6-4(1-2-8-7)5(3-9-13)10-11-6/h3,13H,1-2H2,(H,8,12)(H,10,11). The third-order valence-corrected chi connectivity index (χ3v) is 1.96. The van der Waals surface area contributed by atoms with Gasteiger partial charge in [-0.3, -0.25) is 9.89 Å². The Hall–Kier alpha value is -1.85. The fourth-order valence-electron chi connectivity index (χ4n) is 1.37. The molecule has 6 heteroatoms. The second kappa shape index (κ2) is 2.89. The highest BCUT2D eigenvalue weighted by Gasteiger charge is 2.22. The van der Waals surface area contributed by atoms with Crippen LogP contribution in [0.2, 0.25) is 0 Å². The fraction of sp³-hybridized carbons (Fsp3) is 0.286. The Bertz CT molecular complexity index is 369. The van der Waals surface area contributed by atoms with Gasteiger partial charge in [0.15, 0.2) is 5.69 Å². The van der Waals surface area contributed by atoms with Crippen molar-refractivity contribution in [2.24, 2.45) is 5.16 Å². The van der Waals surface area contributed by atoms with Crippen molar-refractivity contribution in [1.82, 2.24) is 15.5 Å². The third-order valence-electron chi connectivity index (χ3n) is 1.96. The lowest BCUT2D eigenvalue weighted by Crippen LogP contribution is -2.31. The maximum absolute atomic E-state index is 11.2. The van der Waals surface area contributed by atoms with Gasteiger partial charge in [-0.1, -0.05) is 5.16 Å². The van der Waals surface area contributed by atoms with Crippen LogP contribution in [-0.2, 0) is 6.42 Å². The van der Waals surface area contributed by atoms with E-state index in [0.29, 0.717) is 24.4 Å². The van der Waals surface area contributed by atoms with Crippen LogP contribution in [0.3, 0.4) is 0 Å². The van der Waals surface area contributed by atoms with Crippen LogP contribution in [0.5, 0.6) is 0 Å². The summed E-state index contributed by atoms with van der Waals surface area (Å²) >= 11 is 0. The van der Waals surface area contributed by atoms with Crippen LogP contribution >= 0.6 is 0 Å². The van der Waals surface area contributed by atoms with Gasteiger partial charge in [0, 0.05) is 12.1 Å². The van der Waals surface area contributed by atoms with E-state index in [0.717, 1.165) is 5.56 Å². The molecule has 0 atom stereocenters. The van der Waals surface area contributed by atoms with Gasteiger partial charge in [-0.15, -0.1) is 0 Å².